The molecule has 2 amide bonds. The molecule has 1 atom stereocenters. The molecule has 3 rings (SSSR count). The van der Waals surface area contributed by atoms with Crippen molar-refractivity contribution in [1.82, 2.24) is 15.0 Å². The number of amides is 2. The van der Waals surface area contributed by atoms with Gasteiger partial charge in [0.15, 0.2) is 0 Å². The molecule has 8 heteroatoms. The van der Waals surface area contributed by atoms with Gasteiger partial charge in [0.1, 0.15) is 23.5 Å². The Bertz CT molecular complexity index is 636. The summed E-state index contributed by atoms with van der Waals surface area (Å²) in [6, 6.07) is 0. The van der Waals surface area contributed by atoms with Gasteiger partial charge < -0.3 is 23.8 Å². The highest BCUT2D eigenvalue weighted by atomic mass is 16.5. The van der Waals surface area contributed by atoms with Crippen LogP contribution >= 0.6 is 0 Å². The van der Waals surface area contributed by atoms with Crippen LogP contribution in [-0.2, 0) is 20.7 Å². The second kappa shape index (κ2) is 7.13. The highest BCUT2D eigenvalue weighted by Crippen LogP contribution is 2.40. The lowest BCUT2D eigenvalue weighted by Crippen LogP contribution is -2.66. The van der Waals surface area contributed by atoms with E-state index < -0.39 is 0 Å². The van der Waals surface area contributed by atoms with Crippen LogP contribution in [-0.4, -0.2) is 79.4 Å². The molecular formula is C17H25N3O5. The molecule has 3 heterocycles. The minimum atomic E-state index is -0.347. The van der Waals surface area contributed by atoms with Crippen molar-refractivity contribution in [2.45, 2.75) is 25.4 Å². The molecule has 1 aromatic heterocycles. The Kier molecular flexibility index (Phi) is 5.10. The number of hydrogen-bond donors (Lipinski definition) is 0. The lowest BCUT2D eigenvalue weighted by atomic mass is 9.81. The number of hydrogen-bond acceptors (Lipinski definition) is 6. The van der Waals surface area contributed by atoms with E-state index in [2.05, 4.69) is 5.16 Å². The van der Waals surface area contributed by atoms with Gasteiger partial charge in [-0.2, -0.15) is 0 Å². The van der Waals surface area contributed by atoms with Crippen LogP contribution < -0.4 is 0 Å². The molecule has 2 fully saturated rings. The van der Waals surface area contributed by atoms with Crippen molar-refractivity contribution in [3.05, 3.63) is 17.5 Å². The Morgan fingerprint density at radius 2 is 2.20 bits per heavy atom. The Balaban J connectivity index is 1.54. The predicted molar refractivity (Wildman–Crippen MR) is 88.1 cm³/mol. The SMILES string of the molecule is CCc1oncc1C(=O)N1CC2(C1)OCC[C@@H]2COCC(=O)N(C)C. The number of likely N-dealkylation sites (tertiary alicyclic amines) is 1. The molecule has 138 valence electrons. The summed E-state index contributed by atoms with van der Waals surface area (Å²) >= 11 is 0. The fourth-order valence-electron chi connectivity index (χ4n) is 3.39. The fourth-order valence-corrected chi connectivity index (χ4v) is 3.39. The average Bonchev–Trinajstić information content (AvgIpc) is 3.19. The van der Waals surface area contributed by atoms with Gasteiger partial charge in [-0.3, -0.25) is 9.59 Å². The van der Waals surface area contributed by atoms with Crippen LogP contribution in [0.5, 0.6) is 0 Å². The zero-order valence-corrected chi connectivity index (χ0v) is 15.0. The van der Waals surface area contributed by atoms with Gasteiger partial charge in [-0.25, -0.2) is 0 Å². The van der Waals surface area contributed by atoms with E-state index in [1.807, 2.05) is 6.92 Å². The molecule has 0 N–H and O–H groups in total. The zero-order chi connectivity index (χ0) is 18.0. The first-order valence-electron chi connectivity index (χ1n) is 8.61. The van der Waals surface area contributed by atoms with Gasteiger partial charge in [-0.05, 0) is 6.42 Å². The standard InChI is InChI=1S/C17H25N3O5/c1-4-14-13(7-18-25-14)16(22)20-10-17(11-20)12(5-6-24-17)8-23-9-15(21)19(2)3/h7,12H,4-6,8-11H2,1-3H3/t12-/m1/s1. The van der Waals surface area contributed by atoms with Crippen LogP contribution in [0.25, 0.3) is 0 Å². The van der Waals surface area contributed by atoms with Crippen molar-refractivity contribution < 1.29 is 23.6 Å². The minimum Gasteiger partial charge on any atom is -0.371 e. The summed E-state index contributed by atoms with van der Waals surface area (Å²) in [5.74, 6) is 0.680. The number of carbonyl (C=O) groups excluding carboxylic acids is 2. The van der Waals surface area contributed by atoms with Crippen LogP contribution in [0.3, 0.4) is 0 Å². The lowest BCUT2D eigenvalue weighted by Gasteiger charge is -2.50. The van der Waals surface area contributed by atoms with Gasteiger partial charge >= 0.3 is 0 Å². The van der Waals surface area contributed by atoms with Gasteiger partial charge in [-0.1, -0.05) is 12.1 Å². The molecule has 0 bridgehead atoms. The van der Waals surface area contributed by atoms with E-state index in [4.69, 9.17) is 14.0 Å². The summed E-state index contributed by atoms with van der Waals surface area (Å²) in [6.07, 6.45) is 2.99. The molecular weight excluding hydrogens is 326 g/mol. The Morgan fingerprint density at radius 1 is 1.44 bits per heavy atom. The molecule has 8 nitrogen and oxygen atoms in total. The van der Waals surface area contributed by atoms with E-state index in [0.717, 1.165) is 6.42 Å². The second-order valence-corrected chi connectivity index (χ2v) is 6.88. The van der Waals surface area contributed by atoms with Gasteiger partial charge in [-0.15, -0.1) is 0 Å². The summed E-state index contributed by atoms with van der Waals surface area (Å²) in [4.78, 5) is 27.4. The van der Waals surface area contributed by atoms with Crippen molar-refractivity contribution in [3.8, 4) is 0 Å². The van der Waals surface area contributed by atoms with Crippen LogP contribution in [0.15, 0.2) is 10.7 Å². The van der Waals surface area contributed by atoms with E-state index in [0.29, 0.717) is 44.0 Å². The number of aromatic nitrogens is 1. The highest BCUT2D eigenvalue weighted by Gasteiger charge is 2.54. The molecule has 0 unspecified atom stereocenters. The summed E-state index contributed by atoms with van der Waals surface area (Å²) in [6.45, 7) is 4.20. The van der Waals surface area contributed by atoms with Gasteiger partial charge in [0, 0.05) is 33.0 Å². The first kappa shape index (κ1) is 17.9. The molecule has 1 spiro atoms. The van der Waals surface area contributed by atoms with Crippen molar-refractivity contribution in [2.24, 2.45) is 5.92 Å². The van der Waals surface area contributed by atoms with E-state index >= 15 is 0 Å². The Labute approximate surface area is 147 Å². The first-order valence-corrected chi connectivity index (χ1v) is 8.61. The quantitative estimate of drug-likeness (QED) is 0.745. The molecule has 0 saturated carbocycles. The third kappa shape index (κ3) is 3.41. The van der Waals surface area contributed by atoms with Crippen molar-refractivity contribution >= 4 is 11.8 Å². The minimum absolute atomic E-state index is 0.0575. The van der Waals surface area contributed by atoms with Gasteiger partial charge in [0.2, 0.25) is 5.91 Å². The average molecular weight is 351 g/mol. The second-order valence-electron chi connectivity index (χ2n) is 6.88. The molecule has 1 aromatic rings. The molecule has 25 heavy (non-hydrogen) atoms. The third-order valence-corrected chi connectivity index (χ3v) is 5.04. The van der Waals surface area contributed by atoms with E-state index in [9.17, 15) is 9.59 Å². The molecule has 2 aliphatic heterocycles. The van der Waals surface area contributed by atoms with Gasteiger partial charge in [0.25, 0.3) is 5.91 Å². The maximum atomic E-state index is 12.6. The normalized spacial score (nSPS) is 21.4. The fraction of sp³-hybridized carbons (Fsp3) is 0.706. The highest BCUT2D eigenvalue weighted by molar-refractivity contribution is 5.95. The number of nitrogens with zero attached hydrogens (tertiary/aromatic N) is 3. The van der Waals surface area contributed by atoms with Crippen LogP contribution in [0.4, 0.5) is 0 Å². The first-order chi connectivity index (χ1) is 12.0. The maximum Gasteiger partial charge on any atom is 0.259 e. The molecule has 2 saturated heterocycles. The van der Waals surface area contributed by atoms with E-state index in [-0.39, 0.29) is 29.9 Å². The smallest absolute Gasteiger partial charge is 0.259 e. The Morgan fingerprint density at radius 3 is 2.88 bits per heavy atom. The predicted octanol–water partition coefficient (Wildman–Crippen LogP) is 0.573. The summed E-state index contributed by atoms with van der Waals surface area (Å²) < 4.78 is 16.6. The van der Waals surface area contributed by atoms with Crippen molar-refractivity contribution in [1.29, 1.82) is 0 Å². The molecule has 0 aliphatic carbocycles. The van der Waals surface area contributed by atoms with E-state index in [1.54, 1.807) is 19.0 Å². The number of likely N-dealkylation sites (N-methyl/N-ethyl adjacent to an activating group) is 1. The number of ether oxygens (including phenoxy) is 2. The van der Waals surface area contributed by atoms with Crippen LogP contribution in [0, 0.1) is 5.92 Å². The topological polar surface area (TPSA) is 85.1 Å². The van der Waals surface area contributed by atoms with Gasteiger partial charge in [0.05, 0.1) is 25.9 Å². The molecule has 2 aliphatic rings. The largest absolute Gasteiger partial charge is 0.371 e. The monoisotopic (exact) mass is 351 g/mol. The number of carbonyl (C=O) groups is 2. The lowest BCUT2D eigenvalue weighted by molar-refractivity contribution is -0.141. The summed E-state index contributed by atoms with van der Waals surface area (Å²) in [5, 5.41) is 3.72. The number of aryl methyl sites for hydroxylation is 1. The Hall–Kier alpha value is -1.93. The van der Waals surface area contributed by atoms with Crippen LogP contribution in [0.2, 0.25) is 0 Å². The van der Waals surface area contributed by atoms with E-state index in [1.165, 1.54) is 11.1 Å². The van der Waals surface area contributed by atoms with Crippen molar-refractivity contribution in [2.75, 3.05) is 47.0 Å². The third-order valence-electron chi connectivity index (χ3n) is 5.04. The maximum absolute atomic E-state index is 12.6. The zero-order valence-electron chi connectivity index (χ0n) is 15.0. The summed E-state index contributed by atoms with van der Waals surface area (Å²) in [5.41, 5.74) is 0.181. The summed E-state index contributed by atoms with van der Waals surface area (Å²) in [7, 11) is 3.41. The van der Waals surface area contributed by atoms with Crippen molar-refractivity contribution in [3.63, 3.8) is 0 Å². The number of rotatable bonds is 6. The molecule has 0 aromatic carbocycles. The molecule has 0 radical (unpaired) electrons. The van der Waals surface area contributed by atoms with Crippen LogP contribution in [0.1, 0.15) is 29.5 Å².